The molecule has 1 saturated heterocycles. The fraction of sp³-hybridized carbons (Fsp3) is 0.294. The number of amides is 1. The maximum atomic E-state index is 12.1. The van der Waals surface area contributed by atoms with Crippen molar-refractivity contribution in [2.24, 2.45) is 5.92 Å². The van der Waals surface area contributed by atoms with Crippen LogP contribution in [0.25, 0.3) is 0 Å². The molecule has 0 bridgehead atoms. The molecular formula is C17H17N5O. The largest absolute Gasteiger partial charge is 0.383 e. The summed E-state index contributed by atoms with van der Waals surface area (Å²) in [6.07, 6.45) is 7.16. The molecule has 2 atom stereocenters. The van der Waals surface area contributed by atoms with Gasteiger partial charge in [0.05, 0.1) is 17.3 Å². The van der Waals surface area contributed by atoms with Gasteiger partial charge in [0.2, 0.25) is 5.91 Å². The molecule has 3 rings (SSSR count). The zero-order chi connectivity index (χ0) is 16.2. The van der Waals surface area contributed by atoms with Gasteiger partial charge in [0.15, 0.2) is 0 Å². The van der Waals surface area contributed by atoms with Crippen molar-refractivity contribution in [2.45, 2.75) is 12.5 Å². The Balaban J connectivity index is 1.78. The van der Waals surface area contributed by atoms with Crippen molar-refractivity contribution < 1.29 is 4.79 Å². The highest BCUT2D eigenvalue weighted by Gasteiger charge is 2.38. The second-order valence-electron chi connectivity index (χ2n) is 5.61. The summed E-state index contributed by atoms with van der Waals surface area (Å²) in [6, 6.07) is 7.81. The van der Waals surface area contributed by atoms with E-state index in [1.165, 1.54) is 6.20 Å². The van der Waals surface area contributed by atoms with Crippen molar-refractivity contribution in [3.05, 3.63) is 54.1 Å². The lowest BCUT2D eigenvalue weighted by molar-refractivity contribution is -0.127. The van der Waals surface area contributed by atoms with Gasteiger partial charge in [-0.3, -0.25) is 14.8 Å². The van der Waals surface area contributed by atoms with Gasteiger partial charge in [-0.1, -0.05) is 0 Å². The summed E-state index contributed by atoms with van der Waals surface area (Å²) in [5.41, 5.74) is 2.33. The second-order valence-corrected chi connectivity index (χ2v) is 5.61. The first-order valence-electron chi connectivity index (χ1n) is 7.44. The van der Waals surface area contributed by atoms with Crippen LogP contribution in [-0.4, -0.2) is 34.4 Å². The number of carbonyl (C=O) groups is 1. The second kappa shape index (κ2) is 6.44. The molecule has 0 saturated carbocycles. The lowest BCUT2D eigenvalue weighted by Crippen LogP contribution is -2.26. The first kappa shape index (κ1) is 15.0. The number of pyridine rings is 2. The zero-order valence-corrected chi connectivity index (χ0v) is 12.8. The third kappa shape index (κ3) is 2.99. The van der Waals surface area contributed by atoms with E-state index in [-0.39, 0.29) is 17.9 Å². The normalized spacial score (nSPS) is 20.3. The minimum atomic E-state index is 0.0189. The Morgan fingerprint density at radius 2 is 2.04 bits per heavy atom. The van der Waals surface area contributed by atoms with Crippen molar-refractivity contribution in [1.29, 1.82) is 5.26 Å². The molecule has 6 nitrogen and oxygen atoms in total. The van der Waals surface area contributed by atoms with Crippen LogP contribution in [0.5, 0.6) is 0 Å². The number of hydrogen-bond donors (Lipinski definition) is 1. The molecule has 0 radical (unpaired) electrons. The monoisotopic (exact) mass is 307 g/mol. The van der Waals surface area contributed by atoms with Crippen LogP contribution in [0.1, 0.15) is 23.6 Å². The summed E-state index contributed by atoms with van der Waals surface area (Å²) in [7, 11) is 1.83. The van der Waals surface area contributed by atoms with Gasteiger partial charge >= 0.3 is 0 Å². The number of rotatable bonds is 4. The summed E-state index contributed by atoms with van der Waals surface area (Å²) in [5.74, 6) is 0.267. The van der Waals surface area contributed by atoms with E-state index in [1.807, 2.05) is 19.2 Å². The quantitative estimate of drug-likeness (QED) is 0.934. The molecule has 1 aliphatic rings. The van der Waals surface area contributed by atoms with Gasteiger partial charge in [0.25, 0.3) is 0 Å². The van der Waals surface area contributed by atoms with E-state index < -0.39 is 0 Å². The Morgan fingerprint density at radius 1 is 1.30 bits per heavy atom. The molecule has 1 aliphatic heterocycles. The van der Waals surface area contributed by atoms with E-state index in [4.69, 9.17) is 5.26 Å². The van der Waals surface area contributed by atoms with Crippen LogP contribution in [0, 0.1) is 17.2 Å². The molecule has 2 aromatic heterocycles. The van der Waals surface area contributed by atoms with Gasteiger partial charge in [0.1, 0.15) is 6.07 Å². The number of nitrogens with zero attached hydrogens (tertiary/aromatic N) is 4. The SMILES string of the molecule is CN1C(=O)C[C@@H](CNc2ccncc2C#N)[C@@H]1c1ccncc1. The summed E-state index contributed by atoms with van der Waals surface area (Å²) in [5, 5.41) is 12.4. The van der Waals surface area contributed by atoms with Gasteiger partial charge in [-0.15, -0.1) is 0 Å². The highest BCUT2D eigenvalue weighted by atomic mass is 16.2. The number of hydrogen-bond acceptors (Lipinski definition) is 5. The maximum Gasteiger partial charge on any atom is 0.223 e. The number of nitrogens with one attached hydrogen (secondary N) is 1. The summed E-state index contributed by atoms with van der Waals surface area (Å²) in [4.78, 5) is 21.9. The van der Waals surface area contributed by atoms with Crippen molar-refractivity contribution in [3.8, 4) is 6.07 Å². The van der Waals surface area contributed by atoms with Gasteiger partial charge in [-0.2, -0.15) is 5.26 Å². The van der Waals surface area contributed by atoms with Crippen LogP contribution in [0.2, 0.25) is 0 Å². The molecule has 1 N–H and O–H groups in total. The lowest BCUT2D eigenvalue weighted by Gasteiger charge is -2.25. The van der Waals surface area contributed by atoms with Crippen molar-refractivity contribution >= 4 is 11.6 Å². The first-order chi connectivity index (χ1) is 11.2. The van der Waals surface area contributed by atoms with Crippen LogP contribution in [0.15, 0.2) is 43.0 Å². The molecule has 1 fully saturated rings. The predicted molar refractivity (Wildman–Crippen MR) is 85.3 cm³/mol. The fourth-order valence-electron chi connectivity index (χ4n) is 3.07. The molecule has 3 heterocycles. The van der Waals surface area contributed by atoms with Gasteiger partial charge < -0.3 is 10.2 Å². The van der Waals surface area contributed by atoms with Crippen molar-refractivity contribution in [2.75, 3.05) is 18.9 Å². The smallest absolute Gasteiger partial charge is 0.223 e. The van der Waals surface area contributed by atoms with Crippen LogP contribution >= 0.6 is 0 Å². The molecule has 6 heteroatoms. The third-order valence-electron chi connectivity index (χ3n) is 4.24. The molecule has 23 heavy (non-hydrogen) atoms. The van der Waals surface area contributed by atoms with Crippen LogP contribution in [-0.2, 0) is 4.79 Å². The Bertz CT molecular complexity index is 740. The Kier molecular flexibility index (Phi) is 4.20. The molecule has 1 amide bonds. The van der Waals surface area contributed by atoms with Crippen LogP contribution in [0.4, 0.5) is 5.69 Å². The summed E-state index contributed by atoms with van der Waals surface area (Å²) < 4.78 is 0. The molecular weight excluding hydrogens is 290 g/mol. The maximum absolute atomic E-state index is 12.1. The van der Waals surface area contributed by atoms with Crippen molar-refractivity contribution in [1.82, 2.24) is 14.9 Å². The number of nitriles is 1. The van der Waals surface area contributed by atoms with E-state index >= 15 is 0 Å². The van der Waals surface area contributed by atoms with Crippen LogP contribution in [0.3, 0.4) is 0 Å². The highest BCUT2D eigenvalue weighted by molar-refractivity contribution is 5.79. The standard InChI is InChI=1S/C17H17N5O/c1-22-16(23)8-13(17(22)12-2-5-19-6-3-12)11-21-15-4-7-20-10-14(15)9-18/h2-7,10,13,17H,8,11H2,1H3,(H,20,21)/t13-,17-/m0/s1. The number of likely N-dealkylation sites (tertiary alicyclic amines) is 1. The van der Waals surface area contributed by atoms with E-state index in [1.54, 1.807) is 29.6 Å². The molecule has 0 spiro atoms. The minimum absolute atomic E-state index is 0.0189. The predicted octanol–water partition coefficient (Wildman–Crippen LogP) is 1.98. The zero-order valence-electron chi connectivity index (χ0n) is 12.8. The minimum Gasteiger partial charge on any atom is -0.383 e. The topological polar surface area (TPSA) is 81.9 Å². The summed E-state index contributed by atoms with van der Waals surface area (Å²) >= 11 is 0. The third-order valence-corrected chi connectivity index (χ3v) is 4.24. The Hall–Kier alpha value is -2.94. The summed E-state index contributed by atoms with van der Waals surface area (Å²) in [6.45, 7) is 0.613. The molecule has 0 unspecified atom stereocenters. The number of carbonyl (C=O) groups excluding carboxylic acids is 1. The first-order valence-corrected chi connectivity index (χ1v) is 7.44. The van der Waals surface area contributed by atoms with Gasteiger partial charge in [-0.05, 0) is 23.8 Å². The molecule has 0 aromatic carbocycles. The van der Waals surface area contributed by atoms with E-state index in [2.05, 4.69) is 21.4 Å². The van der Waals surface area contributed by atoms with E-state index in [0.717, 1.165) is 11.3 Å². The lowest BCUT2D eigenvalue weighted by atomic mass is 9.94. The van der Waals surface area contributed by atoms with Gasteiger partial charge in [0, 0.05) is 50.7 Å². The Morgan fingerprint density at radius 3 is 2.78 bits per heavy atom. The van der Waals surface area contributed by atoms with E-state index in [0.29, 0.717) is 18.5 Å². The van der Waals surface area contributed by atoms with Crippen molar-refractivity contribution in [3.63, 3.8) is 0 Å². The highest BCUT2D eigenvalue weighted by Crippen LogP contribution is 2.36. The molecule has 0 aliphatic carbocycles. The molecule has 116 valence electrons. The van der Waals surface area contributed by atoms with Gasteiger partial charge in [-0.25, -0.2) is 0 Å². The average molecular weight is 307 g/mol. The Labute approximate surface area is 134 Å². The number of anilines is 1. The average Bonchev–Trinajstić information content (AvgIpc) is 2.88. The molecule has 2 aromatic rings. The fourth-order valence-corrected chi connectivity index (χ4v) is 3.07. The number of aromatic nitrogens is 2. The van der Waals surface area contributed by atoms with Crippen LogP contribution < -0.4 is 5.32 Å². The van der Waals surface area contributed by atoms with E-state index in [9.17, 15) is 4.79 Å².